The predicted molar refractivity (Wildman–Crippen MR) is 88.5 cm³/mol. The van der Waals surface area contributed by atoms with Crippen LogP contribution in [-0.4, -0.2) is 6.54 Å². The molecular weight excluding hydrogens is 266 g/mol. The molecule has 20 heavy (non-hydrogen) atoms. The highest BCUT2D eigenvalue weighted by atomic mass is 35.5. The maximum absolute atomic E-state index is 6.41. The van der Waals surface area contributed by atoms with Gasteiger partial charge in [-0.3, -0.25) is 0 Å². The van der Waals surface area contributed by atoms with Crippen LogP contribution in [-0.2, 0) is 6.54 Å². The Morgan fingerprint density at radius 2 is 1.65 bits per heavy atom. The van der Waals surface area contributed by atoms with E-state index in [0.29, 0.717) is 0 Å². The molecule has 106 valence electrons. The summed E-state index contributed by atoms with van der Waals surface area (Å²) in [4.78, 5) is 0. The molecule has 0 aliphatic rings. The minimum atomic E-state index is 0.821. The van der Waals surface area contributed by atoms with Gasteiger partial charge in [0.2, 0.25) is 0 Å². The number of hydrogen-bond donors (Lipinski definition) is 1. The molecule has 0 bridgehead atoms. The zero-order valence-electron chi connectivity index (χ0n) is 12.7. The Balaban J connectivity index is 2.42. The summed E-state index contributed by atoms with van der Waals surface area (Å²) in [6.07, 6.45) is 0. The molecule has 1 N–H and O–H groups in total. The molecule has 2 aromatic carbocycles. The average Bonchev–Trinajstić information content (AvgIpc) is 2.36. The molecule has 0 heterocycles. The third-order valence-corrected chi connectivity index (χ3v) is 3.94. The van der Waals surface area contributed by atoms with Gasteiger partial charge < -0.3 is 5.32 Å². The lowest BCUT2D eigenvalue weighted by atomic mass is 9.93. The van der Waals surface area contributed by atoms with E-state index in [1.54, 1.807) is 0 Å². The second-order valence-corrected chi connectivity index (χ2v) is 5.77. The molecule has 0 saturated carbocycles. The van der Waals surface area contributed by atoms with Crippen LogP contribution in [0, 0.1) is 20.8 Å². The fourth-order valence-electron chi connectivity index (χ4n) is 2.74. The molecule has 0 radical (unpaired) electrons. The van der Waals surface area contributed by atoms with Gasteiger partial charge in [-0.05, 0) is 61.2 Å². The molecule has 0 spiro atoms. The van der Waals surface area contributed by atoms with Crippen molar-refractivity contribution in [1.29, 1.82) is 0 Å². The van der Waals surface area contributed by atoms with Gasteiger partial charge in [-0.25, -0.2) is 0 Å². The van der Waals surface area contributed by atoms with Gasteiger partial charge in [0.25, 0.3) is 0 Å². The number of hydrogen-bond acceptors (Lipinski definition) is 1. The van der Waals surface area contributed by atoms with Crippen LogP contribution < -0.4 is 5.32 Å². The van der Waals surface area contributed by atoms with Crippen molar-refractivity contribution < 1.29 is 0 Å². The first-order valence-electron chi connectivity index (χ1n) is 7.10. The van der Waals surface area contributed by atoms with Gasteiger partial charge >= 0.3 is 0 Å². The molecule has 2 aromatic rings. The van der Waals surface area contributed by atoms with Crippen LogP contribution in [0.3, 0.4) is 0 Å². The lowest BCUT2D eigenvalue weighted by Crippen LogP contribution is -2.11. The molecule has 0 aliphatic heterocycles. The summed E-state index contributed by atoms with van der Waals surface area (Å²) in [5, 5.41) is 4.15. The minimum absolute atomic E-state index is 0.821. The summed E-state index contributed by atoms with van der Waals surface area (Å²) in [7, 11) is 0. The van der Waals surface area contributed by atoms with Crippen molar-refractivity contribution >= 4 is 11.6 Å². The Labute approximate surface area is 127 Å². The summed E-state index contributed by atoms with van der Waals surface area (Å²) in [5.74, 6) is 0. The largest absolute Gasteiger partial charge is 0.313 e. The summed E-state index contributed by atoms with van der Waals surface area (Å²) in [5.41, 5.74) is 7.56. The van der Waals surface area contributed by atoms with Crippen LogP contribution in [0.2, 0.25) is 5.02 Å². The lowest BCUT2D eigenvalue weighted by molar-refractivity contribution is 0.727. The maximum Gasteiger partial charge on any atom is 0.0457 e. The van der Waals surface area contributed by atoms with Gasteiger partial charge in [-0.1, -0.05) is 48.4 Å². The standard InChI is InChI=1S/C18H22ClN/c1-5-20-11-16-7-6-15(10-17(16)19)18-13(3)8-12(2)9-14(18)4/h6-10,20H,5,11H2,1-4H3. The van der Waals surface area contributed by atoms with Crippen molar-refractivity contribution in [1.82, 2.24) is 5.32 Å². The predicted octanol–water partition coefficient (Wildman–Crippen LogP) is 5.04. The van der Waals surface area contributed by atoms with Gasteiger partial charge in [-0.15, -0.1) is 0 Å². The van der Waals surface area contributed by atoms with E-state index in [0.717, 1.165) is 23.7 Å². The minimum Gasteiger partial charge on any atom is -0.313 e. The molecule has 0 unspecified atom stereocenters. The van der Waals surface area contributed by atoms with Crippen molar-refractivity contribution in [2.45, 2.75) is 34.2 Å². The van der Waals surface area contributed by atoms with Crippen LogP contribution in [0.5, 0.6) is 0 Å². The second kappa shape index (κ2) is 6.43. The number of aryl methyl sites for hydroxylation is 3. The zero-order valence-corrected chi connectivity index (χ0v) is 13.4. The molecule has 0 saturated heterocycles. The van der Waals surface area contributed by atoms with E-state index < -0.39 is 0 Å². The van der Waals surface area contributed by atoms with Crippen LogP contribution in [0.25, 0.3) is 11.1 Å². The van der Waals surface area contributed by atoms with Crippen molar-refractivity contribution in [2.24, 2.45) is 0 Å². The van der Waals surface area contributed by atoms with E-state index >= 15 is 0 Å². The van der Waals surface area contributed by atoms with E-state index in [2.05, 4.69) is 63.3 Å². The number of halogens is 1. The van der Waals surface area contributed by atoms with Gasteiger partial charge in [0, 0.05) is 11.6 Å². The molecule has 2 heteroatoms. The van der Waals surface area contributed by atoms with Crippen LogP contribution in [0.4, 0.5) is 0 Å². The van der Waals surface area contributed by atoms with E-state index in [4.69, 9.17) is 11.6 Å². The normalized spacial score (nSPS) is 10.8. The molecule has 1 nitrogen and oxygen atoms in total. The molecule has 0 aromatic heterocycles. The number of benzene rings is 2. The van der Waals surface area contributed by atoms with Gasteiger partial charge in [-0.2, -0.15) is 0 Å². The Hall–Kier alpha value is -1.31. The van der Waals surface area contributed by atoms with Crippen molar-refractivity contribution in [3.63, 3.8) is 0 Å². The number of nitrogens with one attached hydrogen (secondary N) is 1. The van der Waals surface area contributed by atoms with E-state index in [-0.39, 0.29) is 0 Å². The van der Waals surface area contributed by atoms with E-state index in [1.165, 1.54) is 27.8 Å². The molecular formula is C18H22ClN. The lowest BCUT2D eigenvalue weighted by Gasteiger charge is -2.13. The molecule has 0 amide bonds. The fourth-order valence-corrected chi connectivity index (χ4v) is 2.99. The summed E-state index contributed by atoms with van der Waals surface area (Å²) in [6.45, 7) is 10.3. The third-order valence-electron chi connectivity index (χ3n) is 3.58. The first kappa shape index (κ1) is 15.1. The Morgan fingerprint density at radius 1 is 1.00 bits per heavy atom. The maximum atomic E-state index is 6.41. The first-order valence-corrected chi connectivity index (χ1v) is 7.48. The summed E-state index contributed by atoms with van der Waals surface area (Å²) >= 11 is 6.41. The monoisotopic (exact) mass is 287 g/mol. The third kappa shape index (κ3) is 3.23. The molecule has 0 aliphatic carbocycles. The smallest absolute Gasteiger partial charge is 0.0457 e. The van der Waals surface area contributed by atoms with Crippen molar-refractivity contribution in [3.05, 3.63) is 57.6 Å². The van der Waals surface area contributed by atoms with Crippen molar-refractivity contribution in [2.75, 3.05) is 6.54 Å². The van der Waals surface area contributed by atoms with Crippen LogP contribution >= 0.6 is 11.6 Å². The van der Waals surface area contributed by atoms with Crippen LogP contribution in [0.1, 0.15) is 29.2 Å². The van der Waals surface area contributed by atoms with Gasteiger partial charge in [0.1, 0.15) is 0 Å². The highest BCUT2D eigenvalue weighted by Gasteiger charge is 2.09. The van der Waals surface area contributed by atoms with E-state index in [1.807, 2.05) is 0 Å². The number of rotatable bonds is 4. The Bertz CT molecular complexity index is 594. The molecule has 0 fully saturated rings. The van der Waals surface area contributed by atoms with Gasteiger partial charge in [0.05, 0.1) is 0 Å². The summed E-state index contributed by atoms with van der Waals surface area (Å²) in [6, 6.07) is 10.8. The van der Waals surface area contributed by atoms with E-state index in [9.17, 15) is 0 Å². The highest BCUT2D eigenvalue weighted by Crippen LogP contribution is 2.31. The summed E-state index contributed by atoms with van der Waals surface area (Å²) < 4.78 is 0. The zero-order chi connectivity index (χ0) is 14.7. The topological polar surface area (TPSA) is 12.0 Å². The quantitative estimate of drug-likeness (QED) is 0.830. The highest BCUT2D eigenvalue weighted by molar-refractivity contribution is 6.31. The SMILES string of the molecule is CCNCc1ccc(-c2c(C)cc(C)cc2C)cc1Cl. The Morgan fingerprint density at radius 3 is 2.20 bits per heavy atom. The van der Waals surface area contributed by atoms with Gasteiger partial charge in [0.15, 0.2) is 0 Å². The molecule has 0 atom stereocenters. The Kier molecular flexibility index (Phi) is 4.85. The van der Waals surface area contributed by atoms with Crippen molar-refractivity contribution in [3.8, 4) is 11.1 Å². The molecule has 2 rings (SSSR count). The van der Waals surface area contributed by atoms with Crippen LogP contribution in [0.15, 0.2) is 30.3 Å². The second-order valence-electron chi connectivity index (χ2n) is 5.36. The average molecular weight is 288 g/mol. The first-order chi connectivity index (χ1) is 9.52. The fraction of sp³-hybridized carbons (Fsp3) is 0.333.